The largest absolute Gasteiger partial charge is 0.259 e. The smallest absolute Gasteiger partial charge is 0.123 e. The molecule has 0 spiro atoms. The quantitative estimate of drug-likeness (QED) is 0.713. The van der Waals surface area contributed by atoms with E-state index < -0.39 is 0 Å². The summed E-state index contributed by atoms with van der Waals surface area (Å²) in [5.41, 5.74) is 1.06. The molecular formula is C10H14FNS. The first-order valence-corrected chi connectivity index (χ1v) is 4.75. The third-order valence-electron chi connectivity index (χ3n) is 2.03. The van der Waals surface area contributed by atoms with Crippen LogP contribution in [0.2, 0.25) is 0 Å². The summed E-state index contributed by atoms with van der Waals surface area (Å²) in [4.78, 5) is 0. The first kappa shape index (κ1) is 10.5. The number of hydrogen-bond donors (Lipinski definition) is 2. The predicted octanol–water partition coefficient (Wildman–Crippen LogP) is 2.96. The van der Waals surface area contributed by atoms with Crippen LogP contribution in [0.3, 0.4) is 0 Å². The molecule has 1 N–H and O–H groups in total. The lowest BCUT2D eigenvalue weighted by Crippen LogP contribution is -2.17. The van der Waals surface area contributed by atoms with Gasteiger partial charge in [-0.15, -0.1) is 0 Å². The van der Waals surface area contributed by atoms with Gasteiger partial charge in [0.15, 0.2) is 0 Å². The monoisotopic (exact) mass is 199 g/mol. The SMILES string of the molecule is CC(C)C(NS)c1ccc(F)cc1. The Bertz CT molecular complexity index is 258. The van der Waals surface area contributed by atoms with Crippen molar-refractivity contribution >= 4 is 12.8 Å². The van der Waals surface area contributed by atoms with Crippen molar-refractivity contribution in [3.63, 3.8) is 0 Å². The molecule has 13 heavy (non-hydrogen) atoms. The Kier molecular flexibility index (Phi) is 3.75. The van der Waals surface area contributed by atoms with Gasteiger partial charge in [0.25, 0.3) is 0 Å². The molecule has 0 aliphatic rings. The maximum atomic E-state index is 12.6. The number of rotatable bonds is 3. The van der Waals surface area contributed by atoms with E-state index in [1.54, 1.807) is 12.1 Å². The number of thiol groups is 1. The Morgan fingerprint density at radius 3 is 2.15 bits per heavy atom. The molecule has 0 saturated heterocycles. The summed E-state index contributed by atoms with van der Waals surface area (Å²) >= 11 is 4.05. The lowest BCUT2D eigenvalue weighted by atomic mass is 9.97. The third kappa shape index (κ3) is 2.71. The van der Waals surface area contributed by atoms with Gasteiger partial charge in [-0.05, 0) is 23.6 Å². The molecule has 0 bridgehead atoms. The van der Waals surface area contributed by atoms with Crippen LogP contribution < -0.4 is 4.72 Å². The zero-order valence-corrected chi connectivity index (χ0v) is 8.68. The normalized spacial score (nSPS) is 13.3. The Labute approximate surface area is 83.9 Å². The summed E-state index contributed by atoms with van der Waals surface area (Å²) in [6.07, 6.45) is 0. The third-order valence-corrected chi connectivity index (χ3v) is 2.31. The fraction of sp³-hybridized carbons (Fsp3) is 0.400. The summed E-state index contributed by atoms with van der Waals surface area (Å²) in [5, 5.41) is 0. The van der Waals surface area contributed by atoms with E-state index in [1.165, 1.54) is 12.1 Å². The molecule has 0 radical (unpaired) electrons. The predicted molar refractivity (Wildman–Crippen MR) is 56.1 cm³/mol. The second kappa shape index (κ2) is 4.63. The molecule has 1 unspecified atom stereocenters. The van der Waals surface area contributed by atoms with E-state index in [-0.39, 0.29) is 11.9 Å². The van der Waals surface area contributed by atoms with Crippen molar-refractivity contribution in [3.8, 4) is 0 Å². The highest BCUT2D eigenvalue weighted by Gasteiger charge is 2.13. The van der Waals surface area contributed by atoms with Gasteiger partial charge in [-0.3, -0.25) is 4.72 Å². The van der Waals surface area contributed by atoms with Crippen LogP contribution in [0, 0.1) is 11.7 Å². The summed E-state index contributed by atoms with van der Waals surface area (Å²) < 4.78 is 15.5. The minimum Gasteiger partial charge on any atom is -0.259 e. The summed E-state index contributed by atoms with van der Waals surface area (Å²) in [5.74, 6) is 0.230. The fourth-order valence-electron chi connectivity index (χ4n) is 1.28. The van der Waals surface area contributed by atoms with Gasteiger partial charge in [0.1, 0.15) is 5.82 Å². The van der Waals surface area contributed by atoms with Gasteiger partial charge in [-0.25, -0.2) is 4.39 Å². The molecular weight excluding hydrogens is 185 g/mol. The Morgan fingerprint density at radius 1 is 1.23 bits per heavy atom. The maximum Gasteiger partial charge on any atom is 0.123 e. The first-order chi connectivity index (χ1) is 6.15. The molecule has 0 fully saturated rings. The minimum absolute atomic E-state index is 0.170. The van der Waals surface area contributed by atoms with E-state index in [0.717, 1.165) is 5.56 Å². The van der Waals surface area contributed by atoms with Crippen LogP contribution in [-0.2, 0) is 0 Å². The highest BCUT2D eigenvalue weighted by molar-refractivity contribution is 7.78. The Balaban J connectivity index is 2.86. The van der Waals surface area contributed by atoms with Gasteiger partial charge in [0, 0.05) is 6.04 Å². The average Bonchev–Trinajstić information content (AvgIpc) is 2.09. The van der Waals surface area contributed by atoms with Crippen LogP contribution in [0.25, 0.3) is 0 Å². The molecule has 0 amide bonds. The number of nitrogens with one attached hydrogen (secondary N) is 1. The van der Waals surface area contributed by atoms with Crippen LogP contribution >= 0.6 is 12.8 Å². The molecule has 0 aliphatic heterocycles. The summed E-state index contributed by atoms with van der Waals surface area (Å²) in [6.45, 7) is 4.19. The van der Waals surface area contributed by atoms with Gasteiger partial charge < -0.3 is 0 Å². The highest BCUT2D eigenvalue weighted by Crippen LogP contribution is 2.21. The molecule has 1 aromatic rings. The van der Waals surface area contributed by atoms with Crippen molar-refractivity contribution < 1.29 is 4.39 Å². The number of halogens is 1. The molecule has 3 heteroatoms. The Morgan fingerprint density at radius 2 is 1.77 bits per heavy atom. The average molecular weight is 199 g/mol. The topological polar surface area (TPSA) is 12.0 Å². The zero-order valence-electron chi connectivity index (χ0n) is 7.79. The second-order valence-electron chi connectivity index (χ2n) is 3.40. The van der Waals surface area contributed by atoms with Gasteiger partial charge in [0.05, 0.1) is 0 Å². The van der Waals surface area contributed by atoms with Gasteiger partial charge in [0.2, 0.25) is 0 Å². The molecule has 0 heterocycles. The summed E-state index contributed by atoms with van der Waals surface area (Å²) in [6, 6.07) is 6.67. The Hall–Kier alpha value is -0.540. The van der Waals surface area contributed by atoms with Crippen LogP contribution in [0.15, 0.2) is 24.3 Å². The number of benzene rings is 1. The minimum atomic E-state index is -0.203. The summed E-state index contributed by atoms with van der Waals surface area (Å²) in [7, 11) is 0. The molecule has 0 aromatic heterocycles. The van der Waals surface area contributed by atoms with Crippen molar-refractivity contribution in [3.05, 3.63) is 35.6 Å². The van der Waals surface area contributed by atoms with Gasteiger partial charge >= 0.3 is 0 Å². The molecule has 0 saturated carbocycles. The molecule has 1 atom stereocenters. The van der Waals surface area contributed by atoms with E-state index in [0.29, 0.717) is 5.92 Å². The molecule has 1 nitrogen and oxygen atoms in total. The lowest BCUT2D eigenvalue weighted by Gasteiger charge is -2.19. The maximum absolute atomic E-state index is 12.6. The first-order valence-electron chi connectivity index (χ1n) is 4.30. The molecule has 72 valence electrons. The van der Waals surface area contributed by atoms with Crippen molar-refractivity contribution in [1.82, 2.24) is 4.72 Å². The van der Waals surface area contributed by atoms with Gasteiger partial charge in [-0.1, -0.05) is 38.8 Å². The van der Waals surface area contributed by atoms with E-state index in [9.17, 15) is 4.39 Å². The van der Waals surface area contributed by atoms with Crippen LogP contribution in [0.4, 0.5) is 4.39 Å². The second-order valence-corrected chi connectivity index (χ2v) is 3.66. The molecule has 1 rings (SSSR count). The van der Waals surface area contributed by atoms with Crippen LogP contribution in [-0.4, -0.2) is 0 Å². The van der Waals surface area contributed by atoms with E-state index in [4.69, 9.17) is 0 Å². The van der Waals surface area contributed by atoms with Crippen molar-refractivity contribution in [1.29, 1.82) is 0 Å². The number of hydrogen-bond acceptors (Lipinski definition) is 2. The van der Waals surface area contributed by atoms with Gasteiger partial charge in [-0.2, -0.15) is 0 Å². The van der Waals surface area contributed by atoms with Crippen molar-refractivity contribution in [2.24, 2.45) is 5.92 Å². The van der Waals surface area contributed by atoms with E-state index in [1.807, 2.05) is 0 Å². The highest BCUT2D eigenvalue weighted by atomic mass is 32.1. The fourth-order valence-corrected chi connectivity index (χ4v) is 1.73. The standard InChI is InChI=1S/C10H14FNS/c1-7(2)10(12-13)8-3-5-9(11)6-4-8/h3-7,10,12-13H,1-2H3. The zero-order chi connectivity index (χ0) is 9.84. The molecule has 0 aliphatic carbocycles. The van der Waals surface area contributed by atoms with Crippen LogP contribution in [0.5, 0.6) is 0 Å². The van der Waals surface area contributed by atoms with Crippen molar-refractivity contribution in [2.45, 2.75) is 19.9 Å². The van der Waals surface area contributed by atoms with E-state index >= 15 is 0 Å². The molecule has 1 aromatic carbocycles. The van der Waals surface area contributed by atoms with Crippen LogP contribution in [0.1, 0.15) is 25.5 Å². The van der Waals surface area contributed by atoms with Crippen molar-refractivity contribution in [2.75, 3.05) is 0 Å². The lowest BCUT2D eigenvalue weighted by molar-refractivity contribution is 0.487. The van der Waals surface area contributed by atoms with E-state index in [2.05, 4.69) is 31.4 Å².